The standard InChI is InChI=1S/C12H14ClIN4/c1-2-18-12(9(13)7-16-18)11(17-15)8-5-3-4-6-10(8)14/h3-7,11,17H,2,15H2,1H3. The maximum Gasteiger partial charge on any atom is 0.0903 e. The summed E-state index contributed by atoms with van der Waals surface area (Å²) in [5, 5.41) is 4.87. The number of aryl methyl sites for hydroxylation is 1. The smallest absolute Gasteiger partial charge is 0.0903 e. The zero-order valence-corrected chi connectivity index (χ0v) is 12.8. The van der Waals surface area contributed by atoms with Gasteiger partial charge in [-0.3, -0.25) is 10.5 Å². The van der Waals surface area contributed by atoms with Crippen LogP contribution in [0.5, 0.6) is 0 Å². The van der Waals surface area contributed by atoms with Crippen LogP contribution < -0.4 is 11.3 Å². The molecule has 1 aromatic carbocycles. The fourth-order valence-corrected chi connectivity index (χ4v) is 2.89. The topological polar surface area (TPSA) is 55.9 Å². The van der Waals surface area contributed by atoms with Crippen molar-refractivity contribution in [2.75, 3.05) is 0 Å². The number of nitrogens with zero attached hydrogens (tertiary/aromatic N) is 2. The highest BCUT2D eigenvalue weighted by Crippen LogP contribution is 2.30. The third kappa shape index (κ3) is 2.54. The highest BCUT2D eigenvalue weighted by atomic mass is 127. The van der Waals surface area contributed by atoms with Gasteiger partial charge in [0.25, 0.3) is 0 Å². The molecular weight excluding hydrogens is 363 g/mol. The molecule has 96 valence electrons. The van der Waals surface area contributed by atoms with E-state index >= 15 is 0 Å². The van der Waals surface area contributed by atoms with E-state index in [1.165, 1.54) is 0 Å². The summed E-state index contributed by atoms with van der Waals surface area (Å²) in [6, 6.07) is 7.91. The van der Waals surface area contributed by atoms with E-state index in [9.17, 15) is 0 Å². The largest absolute Gasteiger partial charge is 0.271 e. The number of halogens is 2. The lowest BCUT2D eigenvalue weighted by Gasteiger charge is -2.19. The van der Waals surface area contributed by atoms with Gasteiger partial charge in [-0.25, -0.2) is 5.43 Å². The third-order valence-corrected chi connectivity index (χ3v) is 4.06. The van der Waals surface area contributed by atoms with Crippen molar-refractivity contribution in [3.63, 3.8) is 0 Å². The van der Waals surface area contributed by atoms with Gasteiger partial charge in [-0.05, 0) is 41.1 Å². The zero-order chi connectivity index (χ0) is 13.1. The molecule has 0 saturated heterocycles. The Morgan fingerprint density at radius 1 is 1.50 bits per heavy atom. The van der Waals surface area contributed by atoms with Crippen LogP contribution in [0, 0.1) is 3.57 Å². The Labute approximate surface area is 125 Å². The predicted octanol–water partition coefficient (Wildman–Crippen LogP) is 2.71. The van der Waals surface area contributed by atoms with Gasteiger partial charge in [-0.15, -0.1) is 0 Å². The molecule has 0 aliphatic rings. The predicted molar refractivity (Wildman–Crippen MR) is 81.2 cm³/mol. The van der Waals surface area contributed by atoms with Crippen LogP contribution in [0.2, 0.25) is 5.02 Å². The van der Waals surface area contributed by atoms with E-state index in [4.69, 9.17) is 17.4 Å². The van der Waals surface area contributed by atoms with Crippen LogP contribution in [-0.2, 0) is 6.54 Å². The summed E-state index contributed by atoms with van der Waals surface area (Å²) < 4.78 is 2.99. The van der Waals surface area contributed by atoms with Gasteiger partial charge >= 0.3 is 0 Å². The van der Waals surface area contributed by atoms with Gasteiger partial charge in [-0.2, -0.15) is 5.10 Å². The molecule has 1 unspecified atom stereocenters. The maximum atomic E-state index is 6.22. The summed E-state index contributed by atoms with van der Waals surface area (Å²) in [6.07, 6.45) is 1.65. The Morgan fingerprint density at radius 3 is 2.83 bits per heavy atom. The van der Waals surface area contributed by atoms with E-state index in [1.807, 2.05) is 35.9 Å². The highest BCUT2D eigenvalue weighted by Gasteiger charge is 2.22. The Morgan fingerprint density at radius 2 is 2.22 bits per heavy atom. The second-order valence-corrected chi connectivity index (χ2v) is 5.38. The van der Waals surface area contributed by atoms with Gasteiger partial charge in [0.05, 0.1) is 23.0 Å². The van der Waals surface area contributed by atoms with E-state index in [1.54, 1.807) is 6.20 Å². The molecule has 1 aromatic heterocycles. The van der Waals surface area contributed by atoms with Crippen LogP contribution in [0.4, 0.5) is 0 Å². The lowest BCUT2D eigenvalue weighted by Crippen LogP contribution is -2.31. The molecule has 0 aliphatic carbocycles. The Bertz CT molecular complexity index is 541. The molecule has 0 saturated carbocycles. The summed E-state index contributed by atoms with van der Waals surface area (Å²) in [5.74, 6) is 5.70. The minimum Gasteiger partial charge on any atom is -0.271 e. The molecule has 0 aliphatic heterocycles. The van der Waals surface area contributed by atoms with Crippen LogP contribution >= 0.6 is 34.2 Å². The number of nitrogens with two attached hydrogens (primary N) is 1. The summed E-state index contributed by atoms with van der Waals surface area (Å²) in [7, 11) is 0. The lowest BCUT2D eigenvalue weighted by atomic mass is 10.0. The molecule has 0 amide bonds. The molecule has 2 rings (SSSR count). The molecule has 0 spiro atoms. The summed E-state index contributed by atoms with van der Waals surface area (Å²) >= 11 is 8.51. The highest BCUT2D eigenvalue weighted by molar-refractivity contribution is 14.1. The maximum absolute atomic E-state index is 6.22. The van der Waals surface area contributed by atoms with Gasteiger partial charge in [-0.1, -0.05) is 29.8 Å². The number of aromatic nitrogens is 2. The fourth-order valence-electron chi connectivity index (χ4n) is 1.94. The Balaban J connectivity index is 2.52. The average molecular weight is 377 g/mol. The van der Waals surface area contributed by atoms with Gasteiger partial charge in [0.1, 0.15) is 0 Å². The van der Waals surface area contributed by atoms with Gasteiger partial charge in [0, 0.05) is 10.1 Å². The average Bonchev–Trinajstić information content (AvgIpc) is 2.74. The van der Waals surface area contributed by atoms with Crippen LogP contribution in [-0.4, -0.2) is 9.78 Å². The van der Waals surface area contributed by atoms with Gasteiger partial charge in [0.15, 0.2) is 0 Å². The molecule has 3 N–H and O–H groups in total. The zero-order valence-electron chi connectivity index (χ0n) is 9.90. The van der Waals surface area contributed by atoms with Gasteiger partial charge < -0.3 is 0 Å². The van der Waals surface area contributed by atoms with Crippen molar-refractivity contribution in [2.24, 2.45) is 5.84 Å². The Hall–Kier alpha value is -0.630. The number of rotatable bonds is 4. The SMILES string of the molecule is CCn1ncc(Cl)c1C(NN)c1ccccc1I. The van der Waals surface area contributed by atoms with Crippen molar-refractivity contribution >= 4 is 34.2 Å². The van der Waals surface area contributed by atoms with Crippen molar-refractivity contribution in [3.05, 3.63) is 50.3 Å². The van der Waals surface area contributed by atoms with E-state index in [2.05, 4.69) is 33.1 Å². The fraction of sp³-hybridized carbons (Fsp3) is 0.250. The Kier molecular flexibility index (Phi) is 4.60. The van der Waals surface area contributed by atoms with Gasteiger partial charge in [0.2, 0.25) is 0 Å². The minimum atomic E-state index is -0.159. The number of hydrogen-bond acceptors (Lipinski definition) is 3. The van der Waals surface area contributed by atoms with E-state index in [0.29, 0.717) is 5.02 Å². The normalized spacial score (nSPS) is 12.7. The van der Waals surface area contributed by atoms with Crippen molar-refractivity contribution in [1.29, 1.82) is 0 Å². The molecule has 2 aromatic rings. The van der Waals surface area contributed by atoms with Crippen molar-refractivity contribution < 1.29 is 0 Å². The molecule has 4 nitrogen and oxygen atoms in total. The first kappa shape index (κ1) is 13.8. The summed E-state index contributed by atoms with van der Waals surface area (Å²) in [4.78, 5) is 0. The number of benzene rings is 1. The monoisotopic (exact) mass is 376 g/mol. The molecule has 1 atom stereocenters. The molecule has 0 radical (unpaired) electrons. The first-order valence-corrected chi connectivity index (χ1v) is 7.06. The van der Waals surface area contributed by atoms with Crippen LogP contribution in [0.1, 0.15) is 24.2 Å². The minimum absolute atomic E-state index is 0.159. The van der Waals surface area contributed by atoms with Crippen LogP contribution in [0.15, 0.2) is 30.5 Å². The van der Waals surface area contributed by atoms with Crippen LogP contribution in [0.25, 0.3) is 0 Å². The number of hydrogen-bond donors (Lipinski definition) is 2. The lowest BCUT2D eigenvalue weighted by molar-refractivity contribution is 0.542. The molecule has 6 heteroatoms. The molecule has 18 heavy (non-hydrogen) atoms. The van der Waals surface area contributed by atoms with Crippen molar-refractivity contribution in [1.82, 2.24) is 15.2 Å². The van der Waals surface area contributed by atoms with E-state index in [0.717, 1.165) is 21.4 Å². The van der Waals surface area contributed by atoms with Crippen molar-refractivity contribution in [3.8, 4) is 0 Å². The molecule has 0 fully saturated rings. The molecular formula is C12H14ClIN4. The molecule has 0 bridgehead atoms. The second kappa shape index (κ2) is 6.01. The van der Waals surface area contributed by atoms with E-state index < -0.39 is 0 Å². The van der Waals surface area contributed by atoms with Crippen LogP contribution in [0.3, 0.4) is 0 Å². The quantitative estimate of drug-likeness (QED) is 0.490. The van der Waals surface area contributed by atoms with E-state index in [-0.39, 0.29) is 6.04 Å². The second-order valence-electron chi connectivity index (χ2n) is 3.81. The molecule has 1 heterocycles. The first-order chi connectivity index (χ1) is 8.69. The summed E-state index contributed by atoms with van der Waals surface area (Å²) in [6.45, 7) is 2.78. The summed E-state index contributed by atoms with van der Waals surface area (Å²) in [5.41, 5.74) is 4.82. The number of nitrogens with one attached hydrogen (secondary N) is 1. The van der Waals surface area contributed by atoms with Crippen molar-refractivity contribution in [2.45, 2.75) is 19.5 Å². The third-order valence-electron chi connectivity index (χ3n) is 2.79. The first-order valence-electron chi connectivity index (χ1n) is 5.60. The number of hydrazine groups is 1.